The zero-order chi connectivity index (χ0) is 14.9. The van der Waals surface area contributed by atoms with Gasteiger partial charge in [0.1, 0.15) is 5.82 Å². The summed E-state index contributed by atoms with van der Waals surface area (Å²) in [4.78, 5) is 0. The fourth-order valence-electron chi connectivity index (χ4n) is 1.79. The second kappa shape index (κ2) is 6.40. The molecule has 106 valence electrons. The highest BCUT2D eigenvalue weighted by atomic mass is 35.5. The third kappa shape index (κ3) is 3.50. The zero-order valence-corrected chi connectivity index (χ0v) is 13.4. The molecule has 0 aliphatic carbocycles. The lowest BCUT2D eigenvalue weighted by molar-refractivity contribution is 0.624. The molecule has 2 aromatic rings. The van der Waals surface area contributed by atoms with Crippen LogP contribution in [-0.2, 0) is 0 Å². The molecule has 0 saturated heterocycles. The first-order chi connectivity index (χ1) is 9.38. The SMILES string of the molecule is CC(Nc1cc(Cl)ccc1Cl)c1cc(F)c(Cl)cc1Cl. The Kier molecular flexibility index (Phi) is 5.03. The summed E-state index contributed by atoms with van der Waals surface area (Å²) in [6, 6.07) is 7.50. The van der Waals surface area contributed by atoms with Gasteiger partial charge in [-0.15, -0.1) is 0 Å². The van der Waals surface area contributed by atoms with Gasteiger partial charge in [-0.2, -0.15) is 0 Å². The standard InChI is InChI=1S/C14H10Cl4FN/c1-7(9-5-13(19)12(18)6-11(9)17)20-14-4-8(15)2-3-10(14)16/h2-7,20H,1H3. The zero-order valence-electron chi connectivity index (χ0n) is 10.4. The van der Waals surface area contributed by atoms with Gasteiger partial charge >= 0.3 is 0 Å². The second-order valence-corrected chi connectivity index (χ2v) is 5.94. The van der Waals surface area contributed by atoms with Crippen LogP contribution in [0.2, 0.25) is 20.1 Å². The van der Waals surface area contributed by atoms with Crippen LogP contribution in [0.15, 0.2) is 30.3 Å². The van der Waals surface area contributed by atoms with Crippen molar-refractivity contribution in [1.82, 2.24) is 0 Å². The highest BCUT2D eigenvalue weighted by Crippen LogP contribution is 2.33. The molecule has 0 radical (unpaired) electrons. The van der Waals surface area contributed by atoms with E-state index in [0.29, 0.717) is 26.3 Å². The van der Waals surface area contributed by atoms with Gasteiger partial charge in [-0.05, 0) is 42.8 Å². The molecule has 0 saturated carbocycles. The molecule has 0 fully saturated rings. The lowest BCUT2D eigenvalue weighted by Crippen LogP contribution is -2.08. The van der Waals surface area contributed by atoms with E-state index in [1.807, 2.05) is 6.92 Å². The molecule has 1 unspecified atom stereocenters. The largest absolute Gasteiger partial charge is 0.377 e. The van der Waals surface area contributed by atoms with Crippen molar-refractivity contribution in [1.29, 1.82) is 0 Å². The van der Waals surface area contributed by atoms with Crippen LogP contribution in [0.3, 0.4) is 0 Å². The molecule has 0 spiro atoms. The first kappa shape index (κ1) is 15.7. The van der Waals surface area contributed by atoms with Crippen LogP contribution in [-0.4, -0.2) is 0 Å². The van der Waals surface area contributed by atoms with Crippen molar-refractivity contribution < 1.29 is 4.39 Å². The van der Waals surface area contributed by atoms with Gasteiger partial charge in [-0.25, -0.2) is 4.39 Å². The summed E-state index contributed by atoms with van der Waals surface area (Å²) in [5.74, 6) is -0.517. The fourth-order valence-corrected chi connectivity index (χ4v) is 2.68. The highest BCUT2D eigenvalue weighted by molar-refractivity contribution is 6.36. The van der Waals surface area contributed by atoms with Crippen molar-refractivity contribution in [3.8, 4) is 0 Å². The molecule has 0 aromatic heterocycles. The minimum absolute atomic E-state index is 0.00765. The Morgan fingerprint density at radius 1 is 0.950 bits per heavy atom. The van der Waals surface area contributed by atoms with Crippen LogP contribution in [0.5, 0.6) is 0 Å². The Morgan fingerprint density at radius 2 is 1.65 bits per heavy atom. The predicted molar refractivity (Wildman–Crippen MR) is 84.9 cm³/mol. The van der Waals surface area contributed by atoms with Crippen molar-refractivity contribution >= 4 is 52.1 Å². The fraction of sp³-hybridized carbons (Fsp3) is 0.143. The molecular formula is C14H10Cl4FN. The van der Waals surface area contributed by atoms with Gasteiger partial charge in [-0.3, -0.25) is 0 Å². The number of halogens is 5. The Hall–Kier alpha value is -0.670. The quantitative estimate of drug-likeness (QED) is 0.612. The van der Waals surface area contributed by atoms with Gasteiger partial charge in [0.2, 0.25) is 0 Å². The molecule has 20 heavy (non-hydrogen) atoms. The van der Waals surface area contributed by atoms with E-state index in [0.717, 1.165) is 0 Å². The van der Waals surface area contributed by atoms with Crippen molar-refractivity contribution in [3.05, 3.63) is 61.8 Å². The van der Waals surface area contributed by atoms with Gasteiger partial charge in [0, 0.05) is 10.0 Å². The maximum atomic E-state index is 13.5. The number of hydrogen-bond donors (Lipinski definition) is 1. The molecule has 0 aliphatic rings. The van der Waals surface area contributed by atoms with Crippen molar-refractivity contribution in [3.63, 3.8) is 0 Å². The van der Waals surface area contributed by atoms with Crippen LogP contribution in [0.1, 0.15) is 18.5 Å². The molecule has 0 aliphatic heterocycles. The van der Waals surface area contributed by atoms with Crippen molar-refractivity contribution in [2.24, 2.45) is 0 Å². The summed E-state index contributed by atoms with van der Waals surface area (Å²) in [6.45, 7) is 1.84. The van der Waals surface area contributed by atoms with Crippen molar-refractivity contribution in [2.45, 2.75) is 13.0 Å². The van der Waals surface area contributed by atoms with Crippen molar-refractivity contribution in [2.75, 3.05) is 5.32 Å². The maximum Gasteiger partial charge on any atom is 0.142 e. The molecule has 1 N–H and O–H groups in total. The van der Waals surface area contributed by atoms with Crippen LogP contribution < -0.4 is 5.32 Å². The Morgan fingerprint density at radius 3 is 2.35 bits per heavy atom. The van der Waals surface area contributed by atoms with E-state index in [-0.39, 0.29) is 11.1 Å². The first-order valence-electron chi connectivity index (χ1n) is 5.74. The van der Waals surface area contributed by atoms with E-state index in [2.05, 4.69) is 5.32 Å². The second-order valence-electron chi connectivity index (χ2n) is 4.28. The topological polar surface area (TPSA) is 12.0 Å². The molecule has 0 amide bonds. The smallest absolute Gasteiger partial charge is 0.142 e. The number of rotatable bonds is 3. The summed E-state index contributed by atoms with van der Waals surface area (Å²) in [6.07, 6.45) is 0. The lowest BCUT2D eigenvalue weighted by Gasteiger charge is -2.18. The molecular weight excluding hydrogens is 343 g/mol. The molecule has 2 rings (SSSR count). The summed E-state index contributed by atoms with van der Waals surface area (Å²) >= 11 is 23.8. The van der Waals surface area contributed by atoms with E-state index in [9.17, 15) is 4.39 Å². The summed E-state index contributed by atoms with van der Waals surface area (Å²) < 4.78 is 13.5. The average Bonchev–Trinajstić information content (AvgIpc) is 2.38. The van der Waals surface area contributed by atoms with E-state index in [4.69, 9.17) is 46.4 Å². The normalized spacial score (nSPS) is 12.3. The van der Waals surface area contributed by atoms with Gasteiger partial charge in [0.05, 0.1) is 21.8 Å². The summed E-state index contributed by atoms with van der Waals surface area (Å²) in [7, 11) is 0. The predicted octanol–water partition coefficient (Wildman–Crippen LogP) is 6.61. The number of nitrogens with one attached hydrogen (secondary N) is 1. The van der Waals surface area contributed by atoms with Gasteiger partial charge < -0.3 is 5.32 Å². The lowest BCUT2D eigenvalue weighted by atomic mass is 10.1. The third-order valence-corrected chi connectivity index (χ3v) is 3.99. The van der Waals surface area contributed by atoms with Gasteiger partial charge in [0.25, 0.3) is 0 Å². The first-order valence-corrected chi connectivity index (χ1v) is 7.25. The molecule has 0 bridgehead atoms. The number of benzene rings is 2. The van der Waals surface area contributed by atoms with Crippen LogP contribution in [0, 0.1) is 5.82 Å². The maximum absolute atomic E-state index is 13.5. The van der Waals surface area contributed by atoms with E-state index < -0.39 is 5.82 Å². The summed E-state index contributed by atoms with van der Waals surface area (Å²) in [5.41, 5.74) is 1.24. The van der Waals surface area contributed by atoms with E-state index in [1.165, 1.54) is 12.1 Å². The average molecular weight is 353 g/mol. The highest BCUT2D eigenvalue weighted by Gasteiger charge is 2.14. The summed E-state index contributed by atoms with van der Waals surface area (Å²) in [5, 5.41) is 4.59. The monoisotopic (exact) mass is 351 g/mol. The molecule has 6 heteroatoms. The third-order valence-electron chi connectivity index (χ3n) is 2.81. The minimum atomic E-state index is -0.517. The molecule has 1 atom stereocenters. The van der Waals surface area contributed by atoms with E-state index in [1.54, 1.807) is 18.2 Å². The van der Waals surface area contributed by atoms with E-state index >= 15 is 0 Å². The van der Waals surface area contributed by atoms with Crippen LogP contribution in [0.25, 0.3) is 0 Å². The Labute approximate surface area is 136 Å². The van der Waals surface area contributed by atoms with Gasteiger partial charge in [-0.1, -0.05) is 46.4 Å². The Balaban J connectivity index is 2.30. The number of hydrogen-bond acceptors (Lipinski definition) is 1. The molecule has 2 aromatic carbocycles. The van der Waals surface area contributed by atoms with Crippen LogP contribution in [0.4, 0.5) is 10.1 Å². The number of anilines is 1. The van der Waals surface area contributed by atoms with Crippen LogP contribution >= 0.6 is 46.4 Å². The Bertz CT molecular complexity index is 645. The molecule has 1 nitrogen and oxygen atoms in total. The minimum Gasteiger partial charge on any atom is -0.377 e. The van der Waals surface area contributed by atoms with Gasteiger partial charge in [0.15, 0.2) is 0 Å². The molecule has 0 heterocycles.